The smallest absolute Gasteiger partial charge is 0.324 e. The van der Waals surface area contributed by atoms with E-state index in [1.54, 1.807) is 0 Å². The van der Waals surface area contributed by atoms with E-state index in [1.807, 2.05) is 0 Å². The molecule has 0 aliphatic rings. The van der Waals surface area contributed by atoms with E-state index in [9.17, 15) is 0 Å². The standard InChI is InChI=1S/C2H6O2.HO2P.Zn/c3-1-2-4;1-3-2;/h3-4H,1-2H2;(H,1,2);. The van der Waals surface area contributed by atoms with Gasteiger partial charge in [0.1, 0.15) is 0 Å². The quantitative estimate of drug-likeness (QED) is 0.373. The van der Waals surface area contributed by atoms with Crippen LogP contribution in [0.5, 0.6) is 0 Å². The van der Waals surface area contributed by atoms with Crippen LogP contribution in [0.25, 0.3) is 0 Å². The Balaban J connectivity index is -0.0000000575. The van der Waals surface area contributed by atoms with Crippen LogP contribution in [0.15, 0.2) is 0 Å². The summed E-state index contributed by atoms with van der Waals surface area (Å²) in [4.78, 5) is 6.99. The molecule has 4 nitrogen and oxygen atoms in total. The van der Waals surface area contributed by atoms with E-state index in [2.05, 4.69) is 0 Å². The summed E-state index contributed by atoms with van der Waals surface area (Å²) < 4.78 is 8.46. The summed E-state index contributed by atoms with van der Waals surface area (Å²) in [7, 11) is -0.833. The third-order valence-electron chi connectivity index (χ3n) is 0.1000. The van der Waals surface area contributed by atoms with Crippen LogP contribution in [0.3, 0.4) is 0 Å². The van der Waals surface area contributed by atoms with Crippen LogP contribution in [0.2, 0.25) is 0 Å². The van der Waals surface area contributed by atoms with E-state index in [-0.39, 0.29) is 32.7 Å². The zero-order chi connectivity index (χ0) is 6.12. The molecule has 0 amide bonds. The van der Waals surface area contributed by atoms with Crippen molar-refractivity contribution in [3.05, 3.63) is 0 Å². The Morgan fingerprint density at radius 2 is 1.38 bits per heavy atom. The fourth-order valence-corrected chi connectivity index (χ4v) is 0. The van der Waals surface area contributed by atoms with E-state index >= 15 is 0 Å². The van der Waals surface area contributed by atoms with Gasteiger partial charge in [0.25, 0.3) is 0 Å². The molecule has 0 heterocycles. The number of aliphatic hydroxyl groups is 2. The van der Waals surface area contributed by atoms with E-state index < -0.39 is 8.69 Å². The van der Waals surface area contributed by atoms with Crippen LogP contribution in [-0.4, -0.2) is 28.3 Å². The fourth-order valence-electron chi connectivity index (χ4n) is 0. The molecule has 0 bridgehead atoms. The van der Waals surface area contributed by atoms with Gasteiger partial charge in [-0.2, -0.15) is 0 Å². The average Bonchev–Trinajstić information content (AvgIpc) is 1.69. The predicted molar refractivity (Wildman–Crippen MR) is 24.0 cm³/mol. The van der Waals surface area contributed by atoms with Crippen LogP contribution in [0, 0.1) is 0 Å². The van der Waals surface area contributed by atoms with Crippen LogP contribution in [0.4, 0.5) is 0 Å². The molecule has 8 heavy (non-hydrogen) atoms. The Hall–Kier alpha value is 0.603. The molecule has 6 heteroatoms. The molecule has 0 saturated heterocycles. The van der Waals surface area contributed by atoms with E-state index in [4.69, 9.17) is 19.7 Å². The van der Waals surface area contributed by atoms with Crippen LogP contribution < -0.4 is 0 Å². The third kappa shape index (κ3) is 80.6. The minimum atomic E-state index is -0.833. The summed E-state index contributed by atoms with van der Waals surface area (Å²) in [5, 5.41) is 15.2. The van der Waals surface area contributed by atoms with Crippen LogP contribution in [0.1, 0.15) is 0 Å². The molecule has 0 atom stereocenters. The van der Waals surface area contributed by atoms with Crippen molar-refractivity contribution in [2.75, 3.05) is 13.2 Å². The first-order chi connectivity index (χ1) is 3.33. The summed E-state index contributed by atoms with van der Waals surface area (Å²) in [5.74, 6) is 0. The summed E-state index contributed by atoms with van der Waals surface area (Å²) in [6.45, 7) is -0.250. The maximum atomic E-state index is 8.46. The molecule has 3 N–H and O–H groups in total. The van der Waals surface area contributed by atoms with Crippen LogP contribution in [-0.2, 0) is 24.0 Å². The monoisotopic (exact) mass is 190 g/mol. The molecule has 0 saturated carbocycles. The van der Waals surface area contributed by atoms with Crippen molar-refractivity contribution in [2.24, 2.45) is 0 Å². The maximum absolute atomic E-state index is 8.46. The number of rotatable bonds is 1. The number of hydrogen-bond donors (Lipinski definition) is 3. The Morgan fingerprint density at radius 1 is 1.25 bits per heavy atom. The van der Waals surface area contributed by atoms with Gasteiger partial charge in [-0.05, 0) is 0 Å². The normalized spacial score (nSPS) is 6.38. The van der Waals surface area contributed by atoms with Crippen molar-refractivity contribution >= 4 is 8.69 Å². The molecule has 0 fully saturated rings. The number of hydrogen-bond acceptors (Lipinski definition) is 3. The maximum Gasteiger partial charge on any atom is 0.324 e. The second-order valence-electron chi connectivity index (χ2n) is 0.529. The van der Waals surface area contributed by atoms with Crippen molar-refractivity contribution < 1.29 is 39.1 Å². The minimum Gasteiger partial charge on any atom is -0.394 e. The third-order valence-corrected chi connectivity index (χ3v) is 0.1000. The second-order valence-corrected chi connectivity index (χ2v) is 0.692. The van der Waals surface area contributed by atoms with Gasteiger partial charge in [0.15, 0.2) is 0 Å². The van der Waals surface area contributed by atoms with Gasteiger partial charge in [-0.3, -0.25) is 0 Å². The van der Waals surface area contributed by atoms with E-state index in [0.29, 0.717) is 0 Å². The molecule has 0 aromatic carbocycles. The van der Waals surface area contributed by atoms with Crippen molar-refractivity contribution in [3.8, 4) is 0 Å². The molecule has 0 spiro atoms. The Kier molecular flexibility index (Phi) is 50.6. The largest absolute Gasteiger partial charge is 0.394 e. The summed E-state index contributed by atoms with van der Waals surface area (Å²) >= 11 is 0. The second kappa shape index (κ2) is 25.5. The van der Waals surface area contributed by atoms with Gasteiger partial charge in [0, 0.05) is 19.5 Å². The zero-order valence-corrected chi connectivity index (χ0v) is 8.18. The molecule has 0 radical (unpaired) electrons. The Labute approximate surface area is 61.6 Å². The van der Waals surface area contributed by atoms with Gasteiger partial charge in [-0.15, -0.1) is 0 Å². The Morgan fingerprint density at radius 3 is 1.38 bits per heavy atom. The molecule has 0 aromatic heterocycles. The molecule has 0 rings (SSSR count). The molecule has 46 valence electrons. The van der Waals surface area contributed by atoms with Gasteiger partial charge in [0.2, 0.25) is 0 Å². The topological polar surface area (TPSA) is 77.8 Å². The van der Waals surface area contributed by atoms with Crippen molar-refractivity contribution in [1.82, 2.24) is 0 Å². The molecule has 0 aliphatic carbocycles. The van der Waals surface area contributed by atoms with Gasteiger partial charge < -0.3 is 15.1 Å². The SMILES string of the molecule is O=PO.OCCO.[Zn]. The van der Waals surface area contributed by atoms with E-state index in [1.165, 1.54) is 0 Å². The summed E-state index contributed by atoms with van der Waals surface area (Å²) in [6.07, 6.45) is 0. The van der Waals surface area contributed by atoms with Gasteiger partial charge in [-0.25, -0.2) is 4.57 Å². The van der Waals surface area contributed by atoms with Crippen LogP contribution >= 0.6 is 8.69 Å². The Bertz CT molecular complexity index is 33.2. The summed E-state index contributed by atoms with van der Waals surface area (Å²) in [5.41, 5.74) is 0. The summed E-state index contributed by atoms with van der Waals surface area (Å²) in [6, 6.07) is 0. The van der Waals surface area contributed by atoms with Crippen molar-refractivity contribution in [2.45, 2.75) is 0 Å². The van der Waals surface area contributed by atoms with Crippen molar-refractivity contribution in [3.63, 3.8) is 0 Å². The first-order valence-electron chi connectivity index (χ1n) is 1.52. The fraction of sp³-hybridized carbons (Fsp3) is 1.00. The first-order valence-corrected chi connectivity index (χ1v) is 2.28. The molecule has 0 aliphatic heterocycles. The van der Waals surface area contributed by atoms with E-state index in [0.717, 1.165) is 0 Å². The molecule has 0 unspecified atom stereocenters. The molecular formula is C2H7O4PZn. The molecule has 0 aromatic rings. The van der Waals surface area contributed by atoms with Crippen molar-refractivity contribution in [1.29, 1.82) is 0 Å². The minimum absolute atomic E-state index is 0. The zero-order valence-electron chi connectivity index (χ0n) is 4.32. The van der Waals surface area contributed by atoms with Gasteiger partial charge in [0.05, 0.1) is 13.2 Å². The first kappa shape index (κ1) is 15.8. The van der Waals surface area contributed by atoms with Gasteiger partial charge >= 0.3 is 8.69 Å². The predicted octanol–water partition coefficient (Wildman–Crippen LogP) is -0.846. The van der Waals surface area contributed by atoms with Gasteiger partial charge in [-0.1, -0.05) is 0 Å². The molecular weight excluding hydrogens is 184 g/mol. The number of aliphatic hydroxyl groups excluding tert-OH is 2. The average molecular weight is 191 g/mol.